The molecule has 0 aliphatic carbocycles. The highest BCUT2D eigenvalue weighted by Gasteiger charge is 2.08. The van der Waals surface area contributed by atoms with E-state index in [1.165, 1.54) is 0 Å². The van der Waals surface area contributed by atoms with Gasteiger partial charge in [-0.15, -0.1) is 0 Å². The molecule has 1 aromatic rings. The van der Waals surface area contributed by atoms with Crippen molar-refractivity contribution in [3.05, 3.63) is 23.8 Å². The van der Waals surface area contributed by atoms with Crippen LogP contribution < -0.4 is 15.4 Å². The van der Waals surface area contributed by atoms with Crippen LogP contribution in [0.5, 0.6) is 5.75 Å². The first kappa shape index (κ1) is 14.5. The Labute approximate surface area is 107 Å². The number of amides is 1. The fourth-order valence-corrected chi connectivity index (χ4v) is 1.45. The molecule has 18 heavy (non-hydrogen) atoms. The molecule has 0 spiro atoms. The summed E-state index contributed by atoms with van der Waals surface area (Å²) >= 11 is 0. The highest BCUT2D eigenvalue weighted by atomic mass is 16.5. The Morgan fingerprint density at radius 3 is 2.83 bits per heavy atom. The van der Waals surface area contributed by atoms with Crippen LogP contribution in [0.15, 0.2) is 18.2 Å². The summed E-state index contributed by atoms with van der Waals surface area (Å²) in [6, 6.07) is 5.48. The molecular weight excluding hydrogens is 232 g/mol. The van der Waals surface area contributed by atoms with Crippen LogP contribution in [0.25, 0.3) is 0 Å². The minimum absolute atomic E-state index is 0.00104. The predicted molar refractivity (Wildman–Crippen MR) is 70.9 cm³/mol. The molecule has 1 aromatic carbocycles. The normalized spacial score (nSPS) is 12.0. The summed E-state index contributed by atoms with van der Waals surface area (Å²) in [6.07, 6.45) is 0. The van der Waals surface area contributed by atoms with Gasteiger partial charge in [0.2, 0.25) is 5.91 Å². The maximum atomic E-state index is 11.7. The molecular formula is C13H20N2O3. The maximum Gasteiger partial charge on any atom is 0.238 e. The van der Waals surface area contributed by atoms with E-state index in [9.17, 15) is 4.79 Å². The van der Waals surface area contributed by atoms with Gasteiger partial charge in [0.15, 0.2) is 0 Å². The molecule has 0 aromatic heterocycles. The Bertz CT molecular complexity index is 407. The van der Waals surface area contributed by atoms with Crippen molar-refractivity contribution in [3.63, 3.8) is 0 Å². The maximum absolute atomic E-state index is 11.7. The van der Waals surface area contributed by atoms with E-state index in [1.807, 2.05) is 25.1 Å². The molecule has 100 valence electrons. The third-order valence-corrected chi connectivity index (χ3v) is 2.51. The van der Waals surface area contributed by atoms with E-state index in [-0.39, 0.29) is 25.1 Å². The lowest BCUT2D eigenvalue weighted by molar-refractivity contribution is -0.115. The van der Waals surface area contributed by atoms with Crippen molar-refractivity contribution < 1.29 is 14.6 Å². The SMILES string of the molecule is COc1ccc(C)cc1NC(=O)CN[C@H](C)CO. The highest BCUT2D eigenvalue weighted by Crippen LogP contribution is 2.24. The third kappa shape index (κ3) is 4.35. The van der Waals surface area contributed by atoms with Crippen molar-refractivity contribution in [1.29, 1.82) is 0 Å². The van der Waals surface area contributed by atoms with Crippen molar-refractivity contribution in [2.24, 2.45) is 0 Å². The average molecular weight is 252 g/mol. The van der Waals surface area contributed by atoms with E-state index in [4.69, 9.17) is 9.84 Å². The molecule has 3 N–H and O–H groups in total. The zero-order valence-electron chi connectivity index (χ0n) is 11.0. The Hall–Kier alpha value is -1.59. The Kier molecular flexibility index (Phi) is 5.61. The molecule has 0 aliphatic rings. The topological polar surface area (TPSA) is 70.6 Å². The molecule has 5 heteroatoms. The second kappa shape index (κ2) is 6.98. The van der Waals surface area contributed by atoms with Crippen LogP contribution in [-0.4, -0.2) is 37.3 Å². The Morgan fingerprint density at radius 1 is 1.50 bits per heavy atom. The molecule has 0 heterocycles. The van der Waals surface area contributed by atoms with Crippen molar-refractivity contribution >= 4 is 11.6 Å². The van der Waals surface area contributed by atoms with Crippen molar-refractivity contribution in [3.8, 4) is 5.75 Å². The van der Waals surface area contributed by atoms with E-state index in [1.54, 1.807) is 14.0 Å². The molecule has 1 atom stereocenters. The summed E-state index contributed by atoms with van der Waals surface area (Å²) < 4.78 is 5.17. The summed E-state index contributed by atoms with van der Waals surface area (Å²) in [7, 11) is 1.56. The molecule has 0 fully saturated rings. The molecule has 0 aliphatic heterocycles. The number of ether oxygens (including phenoxy) is 1. The van der Waals surface area contributed by atoms with Gasteiger partial charge in [0.05, 0.1) is 25.9 Å². The molecule has 0 unspecified atom stereocenters. The minimum atomic E-state index is -0.167. The summed E-state index contributed by atoms with van der Waals surface area (Å²) in [5.74, 6) is 0.461. The zero-order chi connectivity index (χ0) is 13.5. The van der Waals surface area contributed by atoms with Crippen LogP contribution in [-0.2, 0) is 4.79 Å². The van der Waals surface area contributed by atoms with Gasteiger partial charge in [-0.2, -0.15) is 0 Å². The van der Waals surface area contributed by atoms with Crippen LogP contribution in [0, 0.1) is 6.92 Å². The van der Waals surface area contributed by atoms with E-state index < -0.39 is 0 Å². The van der Waals surface area contributed by atoms with Gasteiger partial charge in [0, 0.05) is 6.04 Å². The number of benzene rings is 1. The van der Waals surface area contributed by atoms with Crippen molar-refractivity contribution in [1.82, 2.24) is 5.32 Å². The van der Waals surface area contributed by atoms with E-state index >= 15 is 0 Å². The van der Waals surface area contributed by atoms with Gasteiger partial charge in [0.25, 0.3) is 0 Å². The van der Waals surface area contributed by atoms with Gasteiger partial charge >= 0.3 is 0 Å². The first-order valence-corrected chi connectivity index (χ1v) is 5.85. The molecule has 0 saturated heterocycles. The summed E-state index contributed by atoms with van der Waals surface area (Å²) in [4.78, 5) is 11.7. The van der Waals surface area contributed by atoms with Gasteiger partial charge in [-0.1, -0.05) is 6.07 Å². The van der Waals surface area contributed by atoms with Crippen LogP contribution >= 0.6 is 0 Å². The van der Waals surface area contributed by atoms with E-state index in [2.05, 4.69) is 10.6 Å². The number of carbonyl (C=O) groups is 1. The monoisotopic (exact) mass is 252 g/mol. The zero-order valence-corrected chi connectivity index (χ0v) is 11.0. The van der Waals surface area contributed by atoms with Crippen LogP contribution in [0.2, 0.25) is 0 Å². The van der Waals surface area contributed by atoms with E-state index in [0.29, 0.717) is 11.4 Å². The number of carbonyl (C=O) groups excluding carboxylic acids is 1. The quantitative estimate of drug-likeness (QED) is 0.704. The summed E-state index contributed by atoms with van der Waals surface area (Å²) in [6.45, 7) is 3.90. The second-order valence-corrected chi connectivity index (χ2v) is 4.22. The van der Waals surface area contributed by atoms with Crippen molar-refractivity contribution in [2.75, 3.05) is 25.6 Å². The smallest absolute Gasteiger partial charge is 0.238 e. The lowest BCUT2D eigenvalue weighted by Gasteiger charge is -2.13. The average Bonchev–Trinajstić information content (AvgIpc) is 2.36. The minimum Gasteiger partial charge on any atom is -0.495 e. The predicted octanol–water partition coefficient (Wildman–Crippen LogP) is 0.913. The number of aliphatic hydroxyl groups excluding tert-OH is 1. The Morgan fingerprint density at radius 2 is 2.22 bits per heavy atom. The fraction of sp³-hybridized carbons (Fsp3) is 0.462. The first-order chi connectivity index (χ1) is 8.56. The number of methoxy groups -OCH3 is 1. The second-order valence-electron chi connectivity index (χ2n) is 4.22. The van der Waals surface area contributed by atoms with Gasteiger partial charge < -0.3 is 20.5 Å². The number of hydrogen-bond donors (Lipinski definition) is 3. The number of aliphatic hydroxyl groups is 1. The lowest BCUT2D eigenvalue weighted by atomic mass is 10.2. The molecule has 0 radical (unpaired) electrons. The van der Waals surface area contributed by atoms with Gasteiger partial charge in [-0.25, -0.2) is 0 Å². The van der Waals surface area contributed by atoms with Gasteiger partial charge in [-0.05, 0) is 31.5 Å². The van der Waals surface area contributed by atoms with Crippen LogP contribution in [0.4, 0.5) is 5.69 Å². The Balaban J connectivity index is 2.61. The van der Waals surface area contributed by atoms with Crippen LogP contribution in [0.3, 0.4) is 0 Å². The number of rotatable bonds is 6. The fourth-order valence-electron chi connectivity index (χ4n) is 1.45. The number of nitrogens with one attached hydrogen (secondary N) is 2. The molecule has 0 saturated carbocycles. The molecule has 1 amide bonds. The molecule has 0 bridgehead atoms. The number of hydrogen-bond acceptors (Lipinski definition) is 4. The highest BCUT2D eigenvalue weighted by molar-refractivity contribution is 5.93. The molecule has 5 nitrogen and oxygen atoms in total. The largest absolute Gasteiger partial charge is 0.495 e. The third-order valence-electron chi connectivity index (χ3n) is 2.51. The standard InChI is InChI=1S/C13H20N2O3/c1-9-4-5-12(18-3)11(6-9)15-13(17)7-14-10(2)8-16/h4-6,10,14,16H,7-8H2,1-3H3,(H,15,17)/t10-/m1/s1. The lowest BCUT2D eigenvalue weighted by Crippen LogP contribution is -2.36. The van der Waals surface area contributed by atoms with E-state index in [0.717, 1.165) is 5.56 Å². The molecule has 1 rings (SSSR count). The van der Waals surface area contributed by atoms with Crippen LogP contribution in [0.1, 0.15) is 12.5 Å². The summed E-state index contributed by atoms with van der Waals surface area (Å²) in [5.41, 5.74) is 1.70. The van der Waals surface area contributed by atoms with Gasteiger partial charge in [-0.3, -0.25) is 4.79 Å². The van der Waals surface area contributed by atoms with Gasteiger partial charge in [0.1, 0.15) is 5.75 Å². The first-order valence-electron chi connectivity index (χ1n) is 5.85. The number of anilines is 1. The summed E-state index contributed by atoms with van der Waals surface area (Å²) in [5, 5.41) is 14.5. The van der Waals surface area contributed by atoms with Crippen molar-refractivity contribution in [2.45, 2.75) is 19.9 Å². The number of aryl methyl sites for hydroxylation is 1.